The van der Waals surface area contributed by atoms with E-state index in [4.69, 9.17) is 4.74 Å². The molecule has 0 unspecified atom stereocenters. The first-order valence-electron chi connectivity index (χ1n) is 11.4. The molecule has 186 valence electrons. The van der Waals surface area contributed by atoms with E-state index in [1.165, 1.54) is 19.2 Å². The lowest BCUT2D eigenvalue weighted by molar-refractivity contribution is -0.130. The van der Waals surface area contributed by atoms with Crippen molar-refractivity contribution in [2.24, 2.45) is 0 Å². The number of carbonyl (C=O) groups is 3. The van der Waals surface area contributed by atoms with Crippen LogP contribution >= 0.6 is 0 Å². The van der Waals surface area contributed by atoms with Gasteiger partial charge in [0.05, 0.1) is 31.1 Å². The number of hydrogen-bond acceptors (Lipinski definition) is 6. The molecule has 3 amide bonds. The van der Waals surface area contributed by atoms with Gasteiger partial charge in [0.1, 0.15) is 0 Å². The second-order valence-corrected chi connectivity index (χ2v) is 8.11. The van der Waals surface area contributed by atoms with E-state index in [2.05, 4.69) is 20.5 Å². The first-order chi connectivity index (χ1) is 17.5. The Kier molecular flexibility index (Phi) is 7.74. The number of carbonyl (C=O) groups excluding carboxylic acids is 3. The highest BCUT2D eigenvalue weighted by atomic mass is 19.1. The van der Waals surface area contributed by atoms with Crippen LogP contribution < -0.4 is 20.3 Å². The van der Waals surface area contributed by atoms with Crippen LogP contribution in [0, 0.1) is 5.82 Å². The zero-order valence-electron chi connectivity index (χ0n) is 19.7. The molecule has 2 aromatic carbocycles. The van der Waals surface area contributed by atoms with Crippen LogP contribution in [0.25, 0.3) is 0 Å². The summed E-state index contributed by atoms with van der Waals surface area (Å²) in [4.78, 5) is 45.7. The van der Waals surface area contributed by atoms with Crippen molar-refractivity contribution in [1.29, 1.82) is 0 Å². The number of anilines is 2. The van der Waals surface area contributed by atoms with Gasteiger partial charge in [0.2, 0.25) is 5.91 Å². The van der Waals surface area contributed by atoms with Gasteiger partial charge in [-0.25, -0.2) is 4.39 Å². The van der Waals surface area contributed by atoms with Crippen LogP contribution in [0.4, 0.5) is 15.8 Å². The Labute approximate surface area is 207 Å². The number of ether oxygens (including phenoxy) is 1. The smallest absolute Gasteiger partial charge is 0.257 e. The molecule has 1 aliphatic heterocycles. The second kappa shape index (κ2) is 11.3. The number of amides is 3. The molecule has 0 spiro atoms. The minimum atomic E-state index is -0.570. The van der Waals surface area contributed by atoms with Crippen molar-refractivity contribution in [3.05, 3.63) is 83.9 Å². The third-order valence-electron chi connectivity index (χ3n) is 5.85. The van der Waals surface area contributed by atoms with Gasteiger partial charge in [-0.1, -0.05) is 12.1 Å². The Balaban J connectivity index is 1.32. The summed E-state index contributed by atoms with van der Waals surface area (Å²) in [6.45, 7) is 1.77. The van der Waals surface area contributed by atoms with E-state index < -0.39 is 11.7 Å². The molecule has 36 heavy (non-hydrogen) atoms. The number of nitrogens with one attached hydrogen (secondary N) is 2. The van der Waals surface area contributed by atoms with Gasteiger partial charge in [-0.3, -0.25) is 19.4 Å². The molecule has 3 aromatic rings. The molecule has 0 aliphatic carbocycles. The van der Waals surface area contributed by atoms with Crippen molar-refractivity contribution >= 4 is 29.1 Å². The number of piperazine rings is 1. The van der Waals surface area contributed by atoms with Crippen LogP contribution in [0.15, 0.2) is 67.0 Å². The van der Waals surface area contributed by atoms with Crippen molar-refractivity contribution < 1.29 is 23.5 Å². The summed E-state index contributed by atoms with van der Waals surface area (Å²) in [7, 11) is 1.31. The van der Waals surface area contributed by atoms with Crippen molar-refractivity contribution in [3.63, 3.8) is 0 Å². The van der Waals surface area contributed by atoms with Gasteiger partial charge in [-0.15, -0.1) is 0 Å². The molecular weight excluding hydrogens is 465 g/mol. The van der Waals surface area contributed by atoms with Crippen molar-refractivity contribution in [2.45, 2.75) is 0 Å². The minimum Gasteiger partial charge on any atom is -0.494 e. The average Bonchev–Trinajstić information content (AvgIpc) is 2.92. The summed E-state index contributed by atoms with van der Waals surface area (Å²) in [6, 6.07) is 14.6. The van der Waals surface area contributed by atoms with Crippen molar-refractivity contribution in [3.8, 4) is 5.75 Å². The number of benzene rings is 2. The van der Waals surface area contributed by atoms with Gasteiger partial charge < -0.3 is 25.2 Å². The average molecular weight is 492 g/mol. The number of aromatic nitrogens is 1. The highest BCUT2D eigenvalue weighted by molar-refractivity contribution is 6.08. The number of methoxy groups -OCH3 is 1. The van der Waals surface area contributed by atoms with E-state index in [1.54, 1.807) is 41.6 Å². The largest absolute Gasteiger partial charge is 0.494 e. The summed E-state index contributed by atoms with van der Waals surface area (Å²) < 4.78 is 18.5. The van der Waals surface area contributed by atoms with Gasteiger partial charge >= 0.3 is 0 Å². The maximum Gasteiger partial charge on any atom is 0.257 e. The monoisotopic (exact) mass is 491 g/mol. The van der Waals surface area contributed by atoms with E-state index in [1.807, 2.05) is 12.1 Å². The van der Waals surface area contributed by atoms with Crippen molar-refractivity contribution in [2.75, 3.05) is 50.1 Å². The number of para-hydroxylation sites is 1. The quantitative estimate of drug-likeness (QED) is 0.527. The fourth-order valence-corrected chi connectivity index (χ4v) is 3.94. The Morgan fingerprint density at radius 1 is 1.00 bits per heavy atom. The zero-order chi connectivity index (χ0) is 25.5. The number of rotatable bonds is 7. The fourth-order valence-electron chi connectivity index (χ4n) is 3.94. The number of pyridine rings is 1. The van der Waals surface area contributed by atoms with Gasteiger partial charge in [-0.2, -0.15) is 0 Å². The van der Waals surface area contributed by atoms with Gasteiger partial charge in [-0.05, 0) is 42.5 Å². The van der Waals surface area contributed by atoms with Crippen LogP contribution in [-0.4, -0.2) is 67.4 Å². The fraction of sp³-hybridized carbons (Fsp3) is 0.231. The van der Waals surface area contributed by atoms with Crippen LogP contribution in [0.5, 0.6) is 5.75 Å². The molecule has 0 saturated carbocycles. The van der Waals surface area contributed by atoms with Crippen LogP contribution in [0.1, 0.15) is 20.7 Å². The maximum atomic E-state index is 13.6. The first-order valence-corrected chi connectivity index (χ1v) is 11.4. The number of halogens is 1. The SMILES string of the molecule is COc1cc(C(=O)NCC(=O)N2CCN(c3ccccc3C(=O)Nc3cccnc3)CC2)ccc1F. The molecule has 2 heterocycles. The topological polar surface area (TPSA) is 104 Å². The molecule has 1 fully saturated rings. The first kappa shape index (κ1) is 24.6. The highest BCUT2D eigenvalue weighted by Crippen LogP contribution is 2.23. The maximum absolute atomic E-state index is 13.6. The summed E-state index contributed by atoms with van der Waals surface area (Å²) >= 11 is 0. The van der Waals surface area contributed by atoms with E-state index in [-0.39, 0.29) is 29.7 Å². The summed E-state index contributed by atoms with van der Waals surface area (Å²) in [6.07, 6.45) is 3.21. The lowest BCUT2D eigenvalue weighted by atomic mass is 10.1. The highest BCUT2D eigenvalue weighted by Gasteiger charge is 2.24. The summed E-state index contributed by atoms with van der Waals surface area (Å²) in [5, 5.41) is 5.43. The molecule has 1 aromatic heterocycles. The standard InChI is InChI=1S/C26H26FN5O4/c1-36-23-15-18(8-9-21(23)27)25(34)29-17-24(33)32-13-11-31(12-14-32)22-7-3-2-6-20(22)26(35)30-19-5-4-10-28-16-19/h2-10,15-16H,11-14,17H2,1H3,(H,29,34)(H,30,35). The molecule has 1 aliphatic rings. The van der Waals surface area contributed by atoms with Gasteiger partial charge in [0.25, 0.3) is 11.8 Å². The number of hydrogen-bond donors (Lipinski definition) is 2. The lowest BCUT2D eigenvalue weighted by Gasteiger charge is -2.37. The van der Waals surface area contributed by atoms with Crippen LogP contribution in [-0.2, 0) is 4.79 Å². The lowest BCUT2D eigenvalue weighted by Crippen LogP contribution is -2.51. The molecule has 0 atom stereocenters. The Morgan fingerprint density at radius 2 is 1.78 bits per heavy atom. The van der Waals surface area contributed by atoms with Crippen LogP contribution in [0.3, 0.4) is 0 Å². The molecule has 2 N–H and O–H groups in total. The Bertz CT molecular complexity index is 1250. The Morgan fingerprint density at radius 3 is 2.50 bits per heavy atom. The van der Waals surface area contributed by atoms with Gasteiger partial charge in [0, 0.05) is 43.6 Å². The molecule has 1 saturated heterocycles. The Hall–Kier alpha value is -4.47. The van der Waals surface area contributed by atoms with Crippen LogP contribution in [0.2, 0.25) is 0 Å². The van der Waals surface area contributed by atoms with E-state index in [0.717, 1.165) is 11.8 Å². The predicted octanol–water partition coefficient (Wildman–Crippen LogP) is 2.56. The van der Waals surface area contributed by atoms with E-state index in [9.17, 15) is 18.8 Å². The summed E-state index contributed by atoms with van der Waals surface area (Å²) in [5.74, 6) is -1.57. The molecule has 4 rings (SSSR count). The molecule has 0 bridgehead atoms. The molecule has 0 radical (unpaired) electrons. The predicted molar refractivity (Wildman–Crippen MR) is 133 cm³/mol. The number of nitrogens with zero attached hydrogens (tertiary/aromatic N) is 3. The van der Waals surface area contributed by atoms with Gasteiger partial charge in [0.15, 0.2) is 11.6 Å². The van der Waals surface area contributed by atoms with E-state index >= 15 is 0 Å². The van der Waals surface area contributed by atoms with E-state index in [0.29, 0.717) is 37.4 Å². The third-order valence-corrected chi connectivity index (χ3v) is 5.85. The summed E-state index contributed by atoms with van der Waals surface area (Å²) in [5.41, 5.74) is 2.12. The zero-order valence-corrected chi connectivity index (χ0v) is 19.7. The molecule has 10 heteroatoms. The van der Waals surface area contributed by atoms with Crippen molar-refractivity contribution in [1.82, 2.24) is 15.2 Å². The normalized spacial score (nSPS) is 13.2. The minimum absolute atomic E-state index is 0.0421. The third kappa shape index (κ3) is 5.77. The second-order valence-electron chi connectivity index (χ2n) is 8.11. The molecule has 9 nitrogen and oxygen atoms in total. The molecular formula is C26H26FN5O4.